The molecule has 0 amide bonds. The third kappa shape index (κ3) is 4.40. The summed E-state index contributed by atoms with van der Waals surface area (Å²) in [5, 5.41) is 2.09. The van der Waals surface area contributed by atoms with E-state index in [0.29, 0.717) is 17.9 Å². The number of hydrogen-bond donors (Lipinski definition) is 0. The van der Waals surface area contributed by atoms with E-state index in [9.17, 15) is 4.79 Å². The molecule has 3 nitrogen and oxygen atoms in total. The molecule has 5 heteroatoms. The predicted octanol–water partition coefficient (Wildman–Crippen LogP) is 4.14. The van der Waals surface area contributed by atoms with Crippen molar-refractivity contribution >= 4 is 33.0 Å². The Morgan fingerprint density at radius 1 is 1.38 bits per heavy atom. The van der Waals surface area contributed by atoms with Crippen molar-refractivity contribution in [2.75, 3.05) is 20.7 Å². The molecule has 112 valence electrons. The van der Waals surface area contributed by atoms with Crippen molar-refractivity contribution in [3.05, 3.63) is 50.1 Å². The van der Waals surface area contributed by atoms with E-state index in [4.69, 9.17) is 4.74 Å². The Kier molecular flexibility index (Phi) is 5.56. The van der Waals surface area contributed by atoms with Crippen molar-refractivity contribution in [1.82, 2.24) is 4.90 Å². The van der Waals surface area contributed by atoms with Gasteiger partial charge in [0, 0.05) is 6.54 Å². The molecule has 0 saturated carbocycles. The number of nitrogens with zero attached hydrogens (tertiary/aromatic N) is 1. The molecule has 0 bridgehead atoms. The van der Waals surface area contributed by atoms with Crippen molar-refractivity contribution in [2.24, 2.45) is 0 Å². The highest BCUT2D eigenvalue weighted by molar-refractivity contribution is 9.11. The lowest BCUT2D eigenvalue weighted by Gasteiger charge is -2.16. The molecule has 0 fully saturated rings. The maximum Gasteiger partial charge on any atom is 0.180 e. The van der Waals surface area contributed by atoms with Crippen molar-refractivity contribution in [3.63, 3.8) is 0 Å². The van der Waals surface area contributed by atoms with Crippen molar-refractivity contribution in [1.29, 1.82) is 0 Å². The van der Waals surface area contributed by atoms with Gasteiger partial charge < -0.3 is 4.74 Å². The molecule has 1 heterocycles. The van der Waals surface area contributed by atoms with Crippen LogP contribution in [0.15, 0.2) is 33.4 Å². The molecule has 0 aliphatic rings. The second kappa shape index (κ2) is 7.20. The molecule has 0 unspecified atom stereocenters. The fourth-order valence-electron chi connectivity index (χ4n) is 2.16. The smallest absolute Gasteiger partial charge is 0.180 e. The maximum absolute atomic E-state index is 12.4. The first-order valence-electron chi connectivity index (χ1n) is 6.59. The summed E-state index contributed by atoms with van der Waals surface area (Å²) in [6.45, 7) is 3.10. The van der Waals surface area contributed by atoms with Gasteiger partial charge in [0.25, 0.3) is 0 Å². The molecular formula is C16H18BrNO2S. The van der Waals surface area contributed by atoms with Crippen molar-refractivity contribution in [2.45, 2.75) is 13.5 Å². The summed E-state index contributed by atoms with van der Waals surface area (Å²) in [6.07, 6.45) is 0. The molecule has 0 atom stereocenters. The summed E-state index contributed by atoms with van der Waals surface area (Å²) in [6, 6.07) is 7.75. The Hall–Kier alpha value is -1.17. The topological polar surface area (TPSA) is 29.5 Å². The van der Waals surface area contributed by atoms with Crippen LogP contribution in [0.3, 0.4) is 0 Å². The number of carbonyl (C=O) groups excluding carboxylic acids is 1. The van der Waals surface area contributed by atoms with E-state index in [1.165, 1.54) is 5.56 Å². The van der Waals surface area contributed by atoms with Gasteiger partial charge in [-0.2, -0.15) is 0 Å². The van der Waals surface area contributed by atoms with E-state index in [0.717, 1.165) is 15.9 Å². The molecular weight excluding hydrogens is 350 g/mol. The third-order valence-electron chi connectivity index (χ3n) is 3.15. The van der Waals surface area contributed by atoms with Crippen LogP contribution in [0.5, 0.6) is 5.75 Å². The van der Waals surface area contributed by atoms with E-state index < -0.39 is 0 Å². The average molecular weight is 368 g/mol. The number of thiophene rings is 1. The fraction of sp³-hybridized carbons (Fsp3) is 0.312. The van der Waals surface area contributed by atoms with Crippen LogP contribution in [-0.4, -0.2) is 31.4 Å². The summed E-state index contributed by atoms with van der Waals surface area (Å²) in [5.41, 5.74) is 2.93. The number of likely N-dealkylation sites (N-methyl/N-ethyl adjacent to an activating group) is 1. The van der Waals surface area contributed by atoms with E-state index >= 15 is 0 Å². The standard InChI is InChI=1S/C16H18BrNO2S/c1-11-4-5-13(15(6-11)20-3)14(19)9-18(2)8-12-7-16(17)21-10-12/h4-7,10H,8-9H2,1-3H3. The molecule has 0 N–H and O–H groups in total. The normalized spacial score (nSPS) is 10.9. The molecule has 21 heavy (non-hydrogen) atoms. The van der Waals surface area contributed by atoms with Crippen LogP contribution < -0.4 is 4.74 Å². The van der Waals surface area contributed by atoms with Crippen molar-refractivity contribution in [3.8, 4) is 5.75 Å². The van der Waals surface area contributed by atoms with Crippen molar-refractivity contribution < 1.29 is 9.53 Å². The number of ether oxygens (including phenoxy) is 1. The number of rotatable bonds is 6. The Balaban J connectivity index is 2.03. The number of aryl methyl sites for hydroxylation is 1. The zero-order valence-electron chi connectivity index (χ0n) is 12.4. The number of benzene rings is 1. The van der Waals surface area contributed by atoms with Gasteiger partial charge in [0.05, 0.1) is 23.0 Å². The highest BCUT2D eigenvalue weighted by Gasteiger charge is 2.15. The molecule has 1 aromatic carbocycles. The summed E-state index contributed by atoms with van der Waals surface area (Å²) in [5.74, 6) is 0.718. The summed E-state index contributed by atoms with van der Waals surface area (Å²) in [7, 11) is 3.54. The number of carbonyl (C=O) groups is 1. The molecule has 0 radical (unpaired) electrons. The predicted molar refractivity (Wildman–Crippen MR) is 90.4 cm³/mol. The average Bonchev–Trinajstić information content (AvgIpc) is 2.83. The minimum Gasteiger partial charge on any atom is -0.496 e. The summed E-state index contributed by atoms with van der Waals surface area (Å²) < 4.78 is 6.42. The Morgan fingerprint density at radius 2 is 2.14 bits per heavy atom. The van der Waals surface area contributed by atoms with E-state index in [-0.39, 0.29) is 5.78 Å². The summed E-state index contributed by atoms with van der Waals surface area (Å²) >= 11 is 5.11. The number of methoxy groups -OCH3 is 1. The monoisotopic (exact) mass is 367 g/mol. The maximum atomic E-state index is 12.4. The fourth-order valence-corrected chi connectivity index (χ4v) is 3.36. The highest BCUT2D eigenvalue weighted by Crippen LogP contribution is 2.23. The Bertz CT molecular complexity index is 639. The minimum absolute atomic E-state index is 0.0728. The van der Waals surface area contributed by atoms with Gasteiger partial charge in [-0.05, 0) is 64.6 Å². The molecule has 0 aliphatic carbocycles. The SMILES string of the molecule is COc1cc(C)ccc1C(=O)CN(C)Cc1csc(Br)c1. The molecule has 0 saturated heterocycles. The van der Waals surface area contributed by atoms with Crippen LogP contribution in [0, 0.1) is 6.92 Å². The second-order valence-corrected chi connectivity index (χ2v) is 7.35. The van der Waals surface area contributed by atoms with Gasteiger partial charge in [-0.15, -0.1) is 11.3 Å². The van der Waals surface area contributed by atoms with Gasteiger partial charge >= 0.3 is 0 Å². The van der Waals surface area contributed by atoms with E-state index in [1.807, 2.05) is 37.1 Å². The zero-order valence-corrected chi connectivity index (χ0v) is 14.8. The van der Waals surface area contributed by atoms with Gasteiger partial charge in [-0.1, -0.05) is 6.07 Å². The van der Waals surface area contributed by atoms with Crippen LogP contribution in [0.25, 0.3) is 0 Å². The molecule has 1 aromatic heterocycles. The first-order valence-corrected chi connectivity index (χ1v) is 8.26. The Morgan fingerprint density at radius 3 is 2.76 bits per heavy atom. The summed E-state index contributed by atoms with van der Waals surface area (Å²) in [4.78, 5) is 14.4. The van der Waals surface area contributed by atoms with E-state index in [1.54, 1.807) is 18.4 Å². The largest absolute Gasteiger partial charge is 0.496 e. The van der Waals surface area contributed by atoms with Gasteiger partial charge in [-0.3, -0.25) is 9.69 Å². The molecule has 0 spiro atoms. The number of halogens is 1. The first kappa shape index (κ1) is 16.2. The lowest BCUT2D eigenvalue weighted by atomic mass is 10.1. The number of ketones is 1. The molecule has 2 aromatic rings. The van der Waals surface area contributed by atoms with Gasteiger partial charge in [0.2, 0.25) is 0 Å². The third-order valence-corrected chi connectivity index (χ3v) is 4.70. The first-order chi connectivity index (χ1) is 9.99. The van der Waals surface area contributed by atoms with Gasteiger partial charge in [-0.25, -0.2) is 0 Å². The highest BCUT2D eigenvalue weighted by atomic mass is 79.9. The van der Waals surface area contributed by atoms with Crippen LogP contribution in [0.1, 0.15) is 21.5 Å². The van der Waals surface area contributed by atoms with Crippen LogP contribution in [0.2, 0.25) is 0 Å². The number of hydrogen-bond acceptors (Lipinski definition) is 4. The van der Waals surface area contributed by atoms with E-state index in [2.05, 4.69) is 27.4 Å². The van der Waals surface area contributed by atoms with Crippen LogP contribution in [0.4, 0.5) is 0 Å². The zero-order chi connectivity index (χ0) is 15.4. The molecule has 2 rings (SSSR count). The second-order valence-electron chi connectivity index (χ2n) is 5.06. The molecule has 0 aliphatic heterocycles. The van der Waals surface area contributed by atoms with Crippen LogP contribution >= 0.6 is 27.3 Å². The Labute approximate surface area is 137 Å². The number of Topliss-reactive ketones (excluding diaryl/α,β-unsaturated/α-hetero) is 1. The lowest BCUT2D eigenvalue weighted by Crippen LogP contribution is -2.25. The van der Waals surface area contributed by atoms with Crippen LogP contribution in [-0.2, 0) is 6.54 Å². The minimum atomic E-state index is 0.0728. The lowest BCUT2D eigenvalue weighted by molar-refractivity contribution is 0.0940. The quantitative estimate of drug-likeness (QED) is 0.718. The van der Waals surface area contributed by atoms with Gasteiger partial charge in [0.1, 0.15) is 5.75 Å². The van der Waals surface area contributed by atoms with Gasteiger partial charge in [0.15, 0.2) is 5.78 Å².